The largest absolute Gasteiger partial charge is 0.618 e. The van der Waals surface area contributed by atoms with Gasteiger partial charge < -0.3 is 5.21 Å². The Balaban J connectivity index is 2.20. The molecule has 0 aromatic heterocycles. The lowest BCUT2D eigenvalue weighted by atomic mass is 10.0. The van der Waals surface area contributed by atoms with E-state index in [-0.39, 0.29) is 0 Å². The van der Waals surface area contributed by atoms with Crippen LogP contribution in [0.5, 0.6) is 0 Å². The summed E-state index contributed by atoms with van der Waals surface area (Å²) < 4.78 is 2.77. The van der Waals surface area contributed by atoms with Gasteiger partial charge in [-0.2, -0.15) is 0 Å². The molecule has 3 rings (SSSR count). The van der Waals surface area contributed by atoms with Crippen molar-refractivity contribution >= 4 is 39.0 Å². The van der Waals surface area contributed by atoms with Gasteiger partial charge in [-0.15, -0.1) is 4.74 Å². The van der Waals surface area contributed by atoms with Crippen molar-refractivity contribution in [2.24, 2.45) is 0 Å². The molecule has 0 radical (unpaired) electrons. The van der Waals surface area contributed by atoms with Crippen LogP contribution in [0.1, 0.15) is 25.0 Å². The smallest absolute Gasteiger partial charge is 0.431 e. The predicted molar refractivity (Wildman–Crippen MR) is 93.4 cm³/mol. The number of benzene rings is 2. The van der Waals surface area contributed by atoms with Gasteiger partial charge in [-0.25, -0.2) is 0 Å². The third-order valence-corrected chi connectivity index (χ3v) is 4.96. The molecular weight excluding hydrogens is 380 g/mol. The first-order valence-electron chi connectivity index (χ1n) is 7.05. The molecule has 0 bridgehead atoms. The number of nitrogens with zero attached hydrogens (tertiary/aromatic N) is 2. The standard InChI is InChI=1S/C17H15BrClN2O2/c1-11-16(12-3-9-15(19)10-4-12)21(23)17(2,20(11)22)13-5-7-14(18)8-6-13/h3-10,23H,1-2H3/q+1/t17-/m0/s1. The Labute approximate surface area is 147 Å². The number of rotatable bonds is 2. The Kier molecular flexibility index (Phi) is 3.94. The van der Waals surface area contributed by atoms with Crippen LogP contribution in [0.3, 0.4) is 0 Å². The van der Waals surface area contributed by atoms with Crippen molar-refractivity contribution in [3.8, 4) is 0 Å². The Morgan fingerprint density at radius 3 is 2.22 bits per heavy atom. The highest BCUT2D eigenvalue weighted by Crippen LogP contribution is 2.31. The molecule has 1 atom stereocenters. The molecule has 0 spiro atoms. The van der Waals surface area contributed by atoms with Gasteiger partial charge in [0.15, 0.2) is 0 Å². The molecule has 1 heterocycles. The average Bonchev–Trinajstić information content (AvgIpc) is 2.71. The van der Waals surface area contributed by atoms with Gasteiger partial charge in [0, 0.05) is 16.4 Å². The summed E-state index contributed by atoms with van der Waals surface area (Å²) in [5.74, 6) is 0. The third-order valence-electron chi connectivity index (χ3n) is 4.18. The van der Waals surface area contributed by atoms with Crippen molar-refractivity contribution in [1.82, 2.24) is 0 Å². The Morgan fingerprint density at radius 1 is 1.09 bits per heavy atom. The molecule has 4 nitrogen and oxygen atoms in total. The van der Waals surface area contributed by atoms with Crippen molar-refractivity contribution in [2.45, 2.75) is 19.5 Å². The molecule has 1 N–H and O–H groups in total. The molecule has 118 valence electrons. The molecule has 1 aliphatic heterocycles. The minimum absolute atomic E-state index is 0.445. The van der Waals surface area contributed by atoms with Crippen molar-refractivity contribution in [3.05, 3.63) is 74.4 Å². The van der Waals surface area contributed by atoms with Crippen LogP contribution in [0, 0.1) is 5.21 Å². The van der Waals surface area contributed by atoms with Crippen LogP contribution in [-0.2, 0) is 5.66 Å². The van der Waals surface area contributed by atoms with Crippen LogP contribution in [0.2, 0.25) is 5.02 Å². The van der Waals surface area contributed by atoms with E-state index in [1.807, 2.05) is 24.3 Å². The summed E-state index contributed by atoms with van der Waals surface area (Å²) in [6.07, 6.45) is 0. The molecule has 0 unspecified atom stereocenters. The molecule has 6 heteroatoms. The van der Waals surface area contributed by atoms with E-state index in [0.29, 0.717) is 22.0 Å². The SMILES string of the molecule is CC1=[N+]([O-])[C@](C)(c2ccc(Br)cc2)[N+](O)=C1c1ccc(Cl)cc1. The van der Waals surface area contributed by atoms with E-state index < -0.39 is 5.66 Å². The molecule has 0 fully saturated rings. The number of hydrogen-bond acceptors (Lipinski definition) is 2. The summed E-state index contributed by atoms with van der Waals surface area (Å²) >= 11 is 9.30. The summed E-state index contributed by atoms with van der Waals surface area (Å²) in [5, 5.41) is 24.2. The van der Waals surface area contributed by atoms with E-state index in [1.54, 1.807) is 38.1 Å². The maximum atomic E-state index is 12.8. The Bertz CT molecular complexity index is 829. The number of hydroxylamine groups is 2. The van der Waals surface area contributed by atoms with Gasteiger partial charge in [0.2, 0.25) is 0 Å². The van der Waals surface area contributed by atoms with Crippen LogP contribution in [0.4, 0.5) is 0 Å². The minimum atomic E-state index is -1.22. The molecule has 0 saturated carbocycles. The zero-order valence-electron chi connectivity index (χ0n) is 12.6. The maximum absolute atomic E-state index is 12.8. The van der Waals surface area contributed by atoms with Crippen molar-refractivity contribution in [2.75, 3.05) is 0 Å². The minimum Gasteiger partial charge on any atom is -0.618 e. The summed E-state index contributed by atoms with van der Waals surface area (Å²) in [5.41, 5.74) is 1.12. The van der Waals surface area contributed by atoms with Gasteiger partial charge in [-0.1, -0.05) is 27.5 Å². The van der Waals surface area contributed by atoms with Gasteiger partial charge in [0.05, 0.1) is 22.8 Å². The topological polar surface area (TPSA) is 49.3 Å². The second-order valence-electron chi connectivity index (χ2n) is 5.57. The van der Waals surface area contributed by atoms with Gasteiger partial charge >= 0.3 is 11.4 Å². The monoisotopic (exact) mass is 393 g/mol. The first-order valence-corrected chi connectivity index (χ1v) is 8.22. The zero-order valence-corrected chi connectivity index (χ0v) is 15.0. The lowest BCUT2D eigenvalue weighted by Gasteiger charge is -2.17. The van der Waals surface area contributed by atoms with E-state index in [0.717, 1.165) is 19.5 Å². The van der Waals surface area contributed by atoms with E-state index in [4.69, 9.17) is 11.6 Å². The van der Waals surface area contributed by atoms with Crippen LogP contribution in [-0.4, -0.2) is 26.1 Å². The predicted octanol–water partition coefficient (Wildman–Crippen LogP) is 4.15. The van der Waals surface area contributed by atoms with Gasteiger partial charge in [-0.3, -0.25) is 5.21 Å². The van der Waals surface area contributed by atoms with E-state index >= 15 is 0 Å². The highest BCUT2D eigenvalue weighted by molar-refractivity contribution is 9.10. The normalized spacial score (nSPS) is 21.2. The van der Waals surface area contributed by atoms with Crippen LogP contribution >= 0.6 is 27.5 Å². The maximum Gasteiger partial charge on any atom is 0.431 e. The summed E-state index contributed by atoms with van der Waals surface area (Å²) in [6, 6.07) is 14.4. The van der Waals surface area contributed by atoms with Crippen LogP contribution < -0.4 is 0 Å². The van der Waals surface area contributed by atoms with Gasteiger partial charge in [0.25, 0.3) is 5.71 Å². The molecule has 1 aliphatic rings. The second kappa shape index (κ2) is 5.65. The number of hydrogen-bond donors (Lipinski definition) is 1. The molecule has 2 aromatic rings. The fraction of sp³-hybridized carbons (Fsp3) is 0.176. The molecular formula is C17H15BrClN2O2+. The lowest BCUT2D eigenvalue weighted by molar-refractivity contribution is -0.929. The first-order chi connectivity index (χ1) is 10.9. The first kappa shape index (κ1) is 16.0. The van der Waals surface area contributed by atoms with Crippen LogP contribution in [0.25, 0.3) is 0 Å². The van der Waals surface area contributed by atoms with E-state index in [2.05, 4.69) is 15.9 Å². The lowest BCUT2D eigenvalue weighted by Crippen LogP contribution is -2.40. The fourth-order valence-corrected chi connectivity index (χ4v) is 3.21. The molecule has 2 aromatic carbocycles. The molecule has 0 amide bonds. The summed E-state index contributed by atoms with van der Waals surface area (Å²) in [6.45, 7) is 3.39. The van der Waals surface area contributed by atoms with Gasteiger partial charge in [0.1, 0.15) is 0 Å². The average molecular weight is 395 g/mol. The summed E-state index contributed by atoms with van der Waals surface area (Å²) in [7, 11) is 0. The van der Waals surface area contributed by atoms with Crippen molar-refractivity contribution < 1.29 is 14.7 Å². The fourth-order valence-electron chi connectivity index (χ4n) is 2.82. The quantitative estimate of drug-likeness (QED) is 0.472. The van der Waals surface area contributed by atoms with Crippen molar-refractivity contribution in [3.63, 3.8) is 0 Å². The van der Waals surface area contributed by atoms with E-state index in [9.17, 15) is 10.4 Å². The highest BCUT2D eigenvalue weighted by atomic mass is 79.9. The Hall–Kier alpha value is -1.85. The second-order valence-corrected chi connectivity index (χ2v) is 6.93. The summed E-state index contributed by atoms with van der Waals surface area (Å²) in [4.78, 5) is 0. The zero-order chi connectivity index (χ0) is 16.8. The molecule has 0 saturated heterocycles. The van der Waals surface area contributed by atoms with Gasteiger partial charge in [-0.05, 0) is 48.5 Å². The number of halogens is 2. The van der Waals surface area contributed by atoms with Crippen molar-refractivity contribution in [1.29, 1.82) is 0 Å². The van der Waals surface area contributed by atoms with Crippen LogP contribution in [0.15, 0.2) is 53.0 Å². The third kappa shape index (κ3) is 2.44. The Morgan fingerprint density at radius 2 is 1.65 bits per heavy atom. The molecule has 0 aliphatic carbocycles. The molecule has 23 heavy (non-hydrogen) atoms. The van der Waals surface area contributed by atoms with E-state index in [1.165, 1.54) is 0 Å². The highest BCUT2D eigenvalue weighted by Gasteiger charge is 2.58.